The van der Waals surface area contributed by atoms with Crippen molar-refractivity contribution in [1.29, 1.82) is 0 Å². The topological polar surface area (TPSA) is 60.3 Å². The van der Waals surface area contributed by atoms with Gasteiger partial charge in [-0.2, -0.15) is 0 Å². The zero-order chi connectivity index (χ0) is 18.7. The molecule has 0 aliphatic rings. The van der Waals surface area contributed by atoms with E-state index in [9.17, 15) is 9.59 Å². The summed E-state index contributed by atoms with van der Waals surface area (Å²) >= 11 is 7.35. The fraction of sp³-hybridized carbons (Fsp3) is 0.158. The summed E-state index contributed by atoms with van der Waals surface area (Å²) in [5.74, 6) is 0.588. The first kappa shape index (κ1) is 18.4. The number of methoxy groups -OCH3 is 1. The number of para-hydroxylation sites is 2. The van der Waals surface area contributed by atoms with Crippen LogP contribution in [-0.4, -0.2) is 23.3 Å². The van der Waals surface area contributed by atoms with Crippen LogP contribution >= 0.6 is 23.4 Å². The quantitative estimate of drug-likeness (QED) is 0.673. The first-order valence-corrected chi connectivity index (χ1v) is 9.21. The standard InChI is InChI=1S/C19H17ClN2O3S/c1-22-15-9-12(20)7-8-13(15)17(10-19(22)24)26-11-18(23)21-14-5-3-4-6-16(14)25-2/h3-10H,11H2,1-2H3,(H,21,23). The Bertz CT molecular complexity index is 1030. The molecule has 0 saturated heterocycles. The monoisotopic (exact) mass is 388 g/mol. The van der Waals surface area contributed by atoms with Crippen molar-refractivity contribution in [2.75, 3.05) is 18.2 Å². The molecule has 0 radical (unpaired) electrons. The molecular formula is C19H17ClN2O3S. The molecular weight excluding hydrogens is 372 g/mol. The second kappa shape index (κ2) is 7.85. The number of hydrogen-bond donors (Lipinski definition) is 1. The SMILES string of the molecule is COc1ccccc1NC(=O)CSc1cc(=O)n(C)c2cc(Cl)ccc12. The number of rotatable bonds is 5. The Kier molecular flexibility index (Phi) is 5.54. The lowest BCUT2D eigenvalue weighted by Gasteiger charge is -2.11. The largest absolute Gasteiger partial charge is 0.495 e. The summed E-state index contributed by atoms with van der Waals surface area (Å²) < 4.78 is 6.77. The van der Waals surface area contributed by atoms with Gasteiger partial charge in [0, 0.05) is 28.4 Å². The number of thioether (sulfide) groups is 1. The maximum atomic E-state index is 12.3. The summed E-state index contributed by atoms with van der Waals surface area (Å²) in [6.45, 7) is 0. The average molecular weight is 389 g/mol. The zero-order valence-electron chi connectivity index (χ0n) is 14.3. The molecule has 5 nitrogen and oxygen atoms in total. The molecule has 3 rings (SSSR count). The number of halogens is 1. The Morgan fingerprint density at radius 1 is 1.23 bits per heavy atom. The summed E-state index contributed by atoms with van der Waals surface area (Å²) in [5, 5.41) is 4.27. The van der Waals surface area contributed by atoms with Crippen LogP contribution in [0, 0.1) is 0 Å². The van der Waals surface area contributed by atoms with E-state index in [1.165, 1.54) is 17.8 Å². The third-order valence-corrected chi connectivity index (χ3v) is 5.20. The van der Waals surface area contributed by atoms with Gasteiger partial charge in [0.2, 0.25) is 5.91 Å². The van der Waals surface area contributed by atoms with E-state index in [4.69, 9.17) is 16.3 Å². The maximum absolute atomic E-state index is 12.3. The molecule has 0 atom stereocenters. The minimum absolute atomic E-state index is 0.146. The van der Waals surface area contributed by atoms with E-state index >= 15 is 0 Å². The molecule has 0 saturated carbocycles. The third-order valence-electron chi connectivity index (χ3n) is 3.91. The molecule has 3 aromatic rings. The van der Waals surface area contributed by atoms with Gasteiger partial charge < -0.3 is 14.6 Å². The van der Waals surface area contributed by atoms with Crippen molar-refractivity contribution < 1.29 is 9.53 Å². The Hall–Kier alpha value is -2.44. The van der Waals surface area contributed by atoms with E-state index < -0.39 is 0 Å². The lowest BCUT2D eigenvalue weighted by Crippen LogP contribution is -2.17. The molecule has 1 heterocycles. The minimum atomic E-state index is -0.178. The number of hydrogen-bond acceptors (Lipinski definition) is 4. The molecule has 0 bridgehead atoms. The van der Waals surface area contributed by atoms with Crippen LogP contribution in [0.15, 0.2) is 58.2 Å². The fourth-order valence-electron chi connectivity index (χ4n) is 2.59. The number of carbonyl (C=O) groups is 1. The van der Waals surface area contributed by atoms with Gasteiger partial charge in [0.25, 0.3) is 5.56 Å². The van der Waals surface area contributed by atoms with Gasteiger partial charge in [-0.1, -0.05) is 29.8 Å². The molecule has 0 aliphatic heterocycles. The number of benzene rings is 2. The molecule has 0 unspecified atom stereocenters. The highest BCUT2D eigenvalue weighted by atomic mass is 35.5. The summed E-state index contributed by atoms with van der Waals surface area (Å²) in [6.07, 6.45) is 0. The smallest absolute Gasteiger partial charge is 0.251 e. The number of carbonyl (C=O) groups excluding carboxylic acids is 1. The molecule has 7 heteroatoms. The van der Waals surface area contributed by atoms with Gasteiger partial charge in [0.1, 0.15) is 5.75 Å². The lowest BCUT2D eigenvalue weighted by molar-refractivity contribution is -0.113. The lowest BCUT2D eigenvalue weighted by atomic mass is 10.2. The van der Waals surface area contributed by atoms with Gasteiger partial charge in [0.15, 0.2) is 0 Å². The maximum Gasteiger partial charge on any atom is 0.251 e. The Balaban J connectivity index is 1.80. The predicted octanol–water partition coefficient (Wildman–Crippen LogP) is 3.93. The molecule has 1 amide bonds. The van der Waals surface area contributed by atoms with E-state index in [0.717, 1.165) is 15.8 Å². The minimum Gasteiger partial charge on any atom is -0.495 e. The van der Waals surface area contributed by atoms with Crippen molar-refractivity contribution >= 4 is 45.9 Å². The van der Waals surface area contributed by atoms with Crippen molar-refractivity contribution in [2.45, 2.75) is 4.90 Å². The van der Waals surface area contributed by atoms with Crippen LogP contribution in [0.3, 0.4) is 0 Å². The fourth-order valence-corrected chi connectivity index (χ4v) is 3.63. The van der Waals surface area contributed by atoms with Crippen LogP contribution in [0.1, 0.15) is 0 Å². The van der Waals surface area contributed by atoms with Crippen LogP contribution in [0.25, 0.3) is 10.9 Å². The van der Waals surface area contributed by atoms with Gasteiger partial charge in [-0.05, 0) is 24.3 Å². The highest BCUT2D eigenvalue weighted by Gasteiger charge is 2.11. The highest BCUT2D eigenvalue weighted by Crippen LogP contribution is 2.29. The van der Waals surface area contributed by atoms with Crippen molar-refractivity contribution in [1.82, 2.24) is 4.57 Å². The van der Waals surface area contributed by atoms with E-state index in [-0.39, 0.29) is 17.2 Å². The summed E-state index contributed by atoms with van der Waals surface area (Å²) in [7, 11) is 3.25. The Morgan fingerprint density at radius 3 is 2.77 bits per heavy atom. The van der Waals surface area contributed by atoms with Gasteiger partial charge >= 0.3 is 0 Å². The number of pyridine rings is 1. The average Bonchev–Trinajstić information content (AvgIpc) is 2.64. The van der Waals surface area contributed by atoms with Crippen molar-refractivity contribution in [2.24, 2.45) is 7.05 Å². The molecule has 0 spiro atoms. The van der Waals surface area contributed by atoms with E-state index in [0.29, 0.717) is 16.5 Å². The number of fused-ring (bicyclic) bond motifs is 1. The zero-order valence-corrected chi connectivity index (χ0v) is 15.9. The number of nitrogens with one attached hydrogen (secondary N) is 1. The molecule has 1 N–H and O–H groups in total. The molecule has 134 valence electrons. The first-order valence-electron chi connectivity index (χ1n) is 7.84. The summed E-state index contributed by atoms with van der Waals surface area (Å²) in [5.41, 5.74) is 1.20. The number of ether oxygens (including phenoxy) is 1. The number of aromatic nitrogens is 1. The van der Waals surface area contributed by atoms with Gasteiger partial charge in [-0.3, -0.25) is 9.59 Å². The normalized spacial score (nSPS) is 10.7. The van der Waals surface area contributed by atoms with Crippen molar-refractivity contribution in [3.8, 4) is 5.75 Å². The molecule has 2 aromatic carbocycles. The molecule has 1 aromatic heterocycles. The summed E-state index contributed by atoms with van der Waals surface area (Å²) in [4.78, 5) is 25.2. The highest BCUT2D eigenvalue weighted by molar-refractivity contribution is 8.00. The number of amides is 1. The van der Waals surface area contributed by atoms with Gasteiger partial charge in [0.05, 0.1) is 24.1 Å². The van der Waals surface area contributed by atoms with Gasteiger partial charge in [-0.25, -0.2) is 0 Å². The van der Waals surface area contributed by atoms with E-state index in [1.54, 1.807) is 43.0 Å². The molecule has 26 heavy (non-hydrogen) atoms. The summed E-state index contributed by atoms with van der Waals surface area (Å²) in [6, 6.07) is 14.1. The molecule has 0 fully saturated rings. The van der Waals surface area contributed by atoms with E-state index in [2.05, 4.69) is 5.32 Å². The van der Waals surface area contributed by atoms with Crippen LogP contribution in [-0.2, 0) is 11.8 Å². The second-order valence-corrected chi connectivity index (χ2v) is 7.06. The Morgan fingerprint density at radius 2 is 2.00 bits per heavy atom. The first-order chi connectivity index (χ1) is 12.5. The van der Waals surface area contributed by atoms with Crippen molar-refractivity contribution in [3.63, 3.8) is 0 Å². The number of nitrogens with zero attached hydrogens (tertiary/aromatic N) is 1. The van der Waals surface area contributed by atoms with Crippen LogP contribution < -0.4 is 15.6 Å². The van der Waals surface area contributed by atoms with Crippen LogP contribution in [0.5, 0.6) is 5.75 Å². The molecule has 0 aliphatic carbocycles. The Labute approximate surface area is 159 Å². The number of aryl methyl sites for hydroxylation is 1. The van der Waals surface area contributed by atoms with Gasteiger partial charge in [-0.15, -0.1) is 11.8 Å². The van der Waals surface area contributed by atoms with Crippen LogP contribution in [0.2, 0.25) is 5.02 Å². The van der Waals surface area contributed by atoms with Crippen molar-refractivity contribution in [3.05, 3.63) is 63.9 Å². The second-order valence-electron chi connectivity index (χ2n) is 5.60. The van der Waals surface area contributed by atoms with Crippen LogP contribution in [0.4, 0.5) is 5.69 Å². The third kappa shape index (κ3) is 3.86. The predicted molar refractivity (Wildman–Crippen MR) is 107 cm³/mol. The van der Waals surface area contributed by atoms with E-state index in [1.807, 2.05) is 18.2 Å². The number of anilines is 1.